The molecule has 2 heterocycles. The number of hydrogen-bond acceptors (Lipinski definition) is 5. The van der Waals surface area contributed by atoms with Crippen molar-refractivity contribution in [1.29, 1.82) is 0 Å². The number of rotatable bonds is 4. The van der Waals surface area contributed by atoms with E-state index in [1.807, 2.05) is 29.2 Å². The Balaban J connectivity index is 1.22. The molecule has 7 heteroatoms. The SMILES string of the molecule is O=C(CN1CCN(C(=O)[C@H]2COc3ccccc3O2)CC1)NC1CCCCC1. The van der Waals surface area contributed by atoms with Gasteiger partial charge in [-0.3, -0.25) is 14.5 Å². The predicted octanol–water partition coefficient (Wildman–Crippen LogP) is 1.42. The molecule has 1 aromatic rings. The van der Waals surface area contributed by atoms with Crippen molar-refractivity contribution in [1.82, 2.24) is 15.1 Å². The highest BCUT2D eigenvalue weighted by atomic mass is 16.6. The molecule has 2 amide bonds. The fourth-order valence-electron chi connectivity index (χ4n) is 4.19. The van der Waals surface area contributed by atoms with Gasteiger partial charge in [-0.2, -0.15) is 0 Å². The van der Waals surface area contributed by atoms with Gasteiger partial charge in [0.2, 0.25) is 12.0 Å². The molecule has 1 saturated carbocycles. The lowest BCUT2D eigenvalue weighted by atomic mass is 9.95. The summed E-state index contributed by atoms with van der Waals surface area (Å²) < 4.78 is 11.5. The van der Waals surface area contributed by atoms with E-state index in [0.717, 1.165) is 12.8 Å². The van der Waals surface area contributed by atoms with E-state index >= 15 is 0 Å². The molecule has 3 aliphatic rings. The molecule has 0 spiro atoms. The summed E-state index contributed by atoms with van der Waals surface area (Å²) in [6, 6.07) is 7.75. The first-order chi connectivity index (χ1) is 13.7. The zero-order chi connectivity index (χ0) is 19.3. The van der Waals surface area contributed by atoms with E-state index in [1.165, 1.54) is 19.3 Å². The van der Waals surface area contributed by atoms with Gasteiger partial charge >= 0.3 is 0 Å². The molecule has 1 saturated heterocycles. The van der Waals surface area contributed by atoms with Crippen LogP contribution in [0.5, 0.6) is 11.5 Å². The number of nitrogens with zero attached hydrogens (tertiary/aromatic N) is 2. The largest absolute Gasteiger partial charge is 0.485 e. The maximum Gasteiger partial charge on any atom is 0.267 e. The maximum atomic E-state index is 12.8. The van der Waals surface area contributed by atoms with E-state index in [0.29, 0.717) is 50.3 Å². The van der Waals surface area contributed by atoms with E-state index in [9.17, 15) is 9.59 Å². The molecule has 0 aromatic heterocycles. The first-order valence-electron chi connectivity index (χ1n) is 10.4. The van der Waals surface area contributed by atoms with Crippen molar-refractivity contribution in [3.8, 4) is 11.5 Å². The van der Waals surface area contributed by atoms with Crippen LogP contribution in [0, 0.1) is 0 Å². The van der Waals surface area contributed by atoms with E-state index < -0.39 is 6.10 Å². The second kappa shape index (κ2) is 8.82. The molecule has 1 aliphatic carbocycles. The van der Waals surface area contributed by atoms with Crippen LogP contribution in [0.4, 0.5) is 0 Å². The molecule has 0 radical (unpaired) electrons. The van der Waals surface area contributed by atoms with E-state index in [4.69, 9.17) is 9.47 Å². The molecule has 0 bridgehead atoms. The third kappa shape index (κ3) is 4.58. The standard InChI is InChI=1S/C21H29N3O4/c25-20(22-16-6-2-1-3-7-16)14-23-10-12-24(13-11-23)21(26)19-15-27-17-8-4-5-9-18(17)28-19/h4-5,8-9,16,19H,1-3,6-7,10-15H2,(H,22,25)/t19-/m1/s1. The Morgan fingerprint density at radius 3 is 2.46 bits per heavy atom. The molecule has 2 fully saturated rings. The zero-order valence-corrected chi connectivity index (χ0v) is 16.3. The summed E-state index contributed by atoms with van der Waals surface area (Å²) >= 11 is 0. The Kier molecular flexibility index (Phi) is 6.00. The second-order valence-electron chi connectivity index (χ2n) is 7.87. The van der Waals surface area contributed by atoms with E-state index in [2.05, 4.69) is 10.2 Å². The summed E-state index contributed by atoms with van der Waals surface area (Å²) in [5.74, 6) is 1.36. The number of hydrogen-bond donors (Lipinski definition) is 1. The van der Waals surface area contributed by atoms with Gasteiger partial charge in [0.15, 0.2) is 11.5 Å². The number of amides is 2. The highest BCUT2D eigenvalue weighted by Gasteiger charge is 2.33. The fourth-order valence-corrected chi connectivity index (χ4v) is 4.19. The molecule has 1 atom stereocenters. The molecule has 28 heavy (non-hydrogen) atoms. The van der Waals surface area contributed by atoms with Gasteiger partial charge in [0.05, 0.1) is 6.54 Å². The Labute approximate surface area is 166 Å². The van der Waals surface area contributed by atoms with Gasteiger partial charge in [-0.15, -0.1) is 0 Å². The van der Waals surface area contributed by atoms with Crippen molar-refractivity contribution in [2.45, 2.75) is 44.2 Å². The van der Waals surface area contributed by atoms with Crippen molar-refractivity contribution >= 4 is 11.8 Å². The van der Waals surface area contributed by atoms with Gasteiger partial charge in [-0.05, 0) is 25.0 Å². The molecular weight excluding hydrogens is 358 g/mol. The Morgan fingerprint density at radius 1 is 1.00 bits per heavy atom. The van der Waals surface area contributed by atoms with Crippen LogP contribution < -0.4 is 14.8 Å². The van der Waals surface area contributed by atoms with Crippen molar-refractivity contribution in [2.24, 2.45) is 0 Å². The van der Waals surface area contributed by atoms with Gasteiger partial charge < -0.3 is 19.7 Å². The van der Waals surface area contributed by atoms with Crippen LogP contribution in [-0.2, 0) is 9.59 Å². The first-order valence-corrected chi connectivity index (χ1v) is 10.4. The number of carbonyl (C=O) groups is 2. The molecular formula is C21H29N3O4. The molecule has 0 unspecified atom stereocenters. The van der Waals surface area contributed by atoms with Crippen LogP contribution in [0.25, 0.3) is 0 Å². The topological polar surface area (TPSA) is 71.1 Å². The molecule has 2 aliphatic heterocycles. The van der Waals surface area contributed by atoms with Crippen LogP contribution >= 0.6 is 0 Å². The smallest absolute Gasteiger partial charge is 0.267 e. The van der Waals surface area contributed by atoms with E-state index in [-0.39, 0.29) is 18.4 Å². The summed E-state index contributed by atoms with van der Waals surface area (Å²) in [5, 5.41) is 3.16. The molecule has 7 nitrogen and oxygen atoms in total. The van der Waals surface area contributed by atoms with Gasteiger partial charge in [0.25, 0.3) is 5.91 Å². The number of ether oxygens (including phenoxy) is 2. The number of fused-ring (bicyclic) bond motifs is 1. The summed E-state index contributed by atoms with van der Waals surface area (Å²) in [5.41, 5.74) is 0. The lowest BCUT2D eigenvalue weighted by Gasteiger charge is -2.37. The minimum absolute atomic E-state index is 0.0409. The van der Waals surface area contributed by atoms with Crippen molar-refractivity contribution < 1.29 is 19.1 Å². The van der Waals surface area contributed by atoms with Gasteiger partial charge in [-0.1, -0.05) is 31.4 Å². The van der Waals surface area contributed by atoms with Crippen molar-refractivity contribution in [2.75, 3.05) is 39.3 Å². The van der Waals surface area contributed by atoms with Crippen LogP contribution in [0.3, 0.4) is 0 Å². The maximum absolute atomic E-state index is 12.8. The number of nitrogens with one attached hydrogen (secondary N) is 1. The Hall–Kier alpha value is -2.28. The fraction of sp³-hybridized carbons (Fsp3) is 0.619. The number of para-hydroxylation sites is 2. The third-order valence-electron chi connectivity index (χ3n) is 5.81. The van der Waals surface area contributed by atoms with Crippen molar-refractivity contribution in [3.63, 3.8) is 0 Å². The highest BCUT2D eigenvalue weighted by molar-refractivity contribution is 5.82. The van der Waals surface area contributed by atoms with Gasteiger partial charge in [0.1, 0.15) is 6.61 Å². The number of benzene rings is 1. The Bertz CT molecular complexity index is 697. The molecule has 1 aromatic carbocycles. The Morgan fingerprint density at radius 2 is 1.71 bits per heavy atom. The minimum Gasteiger partial charge on any atom is -0.485 e. The normalized spacial score (nSPS) is 23.3. The first kappa shape index (κ1) is 19.1. The average molecular weight is 387 g/mol. The summed E-state index contributed by atoms with van der Waals surface area (Å²) in [6.45, 7) is 3.27. The minimum atomic E-state index is -0.601. The predicted molar refractivity (Wildman–Crippen MR) is 104 cm³/mol. The third-order valence-corrected chi connectivity index (χ3v) is 5.81. The molecule has 4 rings (SSSR count). The summed E-state index contributed by atoms with van der Waals surface area (Å²) in [7, 11) is 0. The van der Waals surface area contributed by atoms with Crippen LogP contribution in [0.2, 0.25) is 0 Å². The second-order valence-corrected chi connectivity index (χ2v) is 7.87. The van der Waals surface area contributed by atoms with Gasteiger partial charge in [0, 0.05) is 32.2 Å². The van der Waals surface area contributed by atoms with Crippen LogP contribution in [-0.4, -0.2) is 73.1 Å². The summed E-state index contributed by atoms with van der Waals surface area (Å²) in [4.78, 5) is 29.0. The lowest BCUT2D eigenvalue weighted by Crippen LogP contribution is -2.55. The van der Waals surface area contributed by atoms with Crippen molar-refractivity contribution in [3.05, 3.63) is 24.3 Å². The number of carbonyl (C=O) groups excluding carboxylic acids is 2. The zero-order valence-electron chi connectivity index (χ0n) is 16.3. The van der Waals surface area contributed by atoms with Crippen LogP contribution in [0.1, 0.15) is 32.1 Å². The number of piperazine rings is 1. The van der Waals surface area contributed by atoms with Crippen LogP contribution in [0.15, 0.2) is 24.3 Å². The van der Waals surface area contributed by atoms with E-state index in [1.54, 1.807) is 0 Å². The molecule has 1 N–H and O–H groups in total. The average Bonchev–Trinajstić information content (AvgIpc) is 2.74. The summed E-state index contributed by atoms with van der Waals surface area (Å²) in [6.07, 6.45) is 5.30. The van der Waals surface area contributed by atoms with Gasteiger partial charge in [-0.25, -0.2) is 0 Å². The quantitative estimate of drug-likeness (QED) is 0.846. The molecule has 152 valence electrons. The highest BCUT2D eigenvalue weighted by Crippen LogP contribution is 2.31. The monoisotopic (exact) mass is 387 g/mol. The lowest BCUT2D eigenvalue weighted by molar-refractivity contribution is -0.143.